The van der Waals surface area contributed by atoms with Crippen molar-refractivity contribution in [3.63, 3.8) is 0 Å². The summed E-state index contributed by atoms with van der Waals surface area (Å²) in [6.45, 7) is 6.24. The molecule has 0 radical (unpaired) electrons. The molecule has 0 aliphatic heterocycles. The van der Waals surface area contributed by atoms with E-state index in [0.29, 0.717) is 6.61 Å². The second-order valence-electron chi connectivity index (χ2n) is 4.36. The third-order valence-electron chi connectivity index (χ3n) is 2.98. The Kier molecular flexibility index (Phi) is 4.87. The van der Waals surface area contributed by atoms with Crippen molar-refractivity contribution in [2.45, 2.75) is 26.9 Å². The van der Waals surface area contributed by atoms with Crippen LogP contribution in [0.3, 0.4) is 0 Å². The quantitative estimate of drug-likeness (QED) is 0.844. The Morgan fingerprint density at radius 1 is 1.25 bits per heavy atom. The summed E-state index contributed by atoms with van der Waals surface area (Å²) in [4.78, 5) is 0. The second-order valence-corrected chi connectivity index (χ2v) is 4.36. The van der Waals surface area contributed by atoms with E-state index in [2.05, 4.69) is 17.3 Å². The molecule has 0 aliphatic rings. The number of ether oxygens (including phenoxy) is 2. The summed E-state index contributed by atoms with van der Waals surface area (Å²) in [5, 5.41) is 7.57. The van der Waals surface area contributed by atoms with Gasteiger partial charge in [-0.25, -0.2) is 0 Å². The lowest BCUT2D eigenvalue weighted by atomic mass is 10.2. The van der Waals surface area contributed by atoms with E-state index in [-0.39, 0.29) is 0 Å². The van der Waals surface area contributed by atoms with Crippen LogP contribution >= 0.6 is 0 Å². The normalized spacial score (nSPS) is 10.3. The Morgan fingerprint density at radius 3 is 2.75 bits per heavy atom. The molecule has 0 spiro atoms. The van der Waals surface area contributed by atoms with Crippen LogP contribution in [-0.2, 0) is 13.1 Å². The van der Waals surface area contributed by atoms with E-state index in [1.54, 1.807) is 7.11 Å². The van der Waals surface area contributed by atoms with Crippen molar-refractivity contribution < 1.29 is 9.47 Å². The summed E-state index contributed by atoms with van der Waals surface area (Å²) in [5.41, 5.74) is 2.15. The number of rotatable bonds is 7. The predicted octanol–water partition coefficient (Wildman–Crippen LogP) is 2.92. The van der Waals surface area contributed by atoms with Crippen LogP contribution in [0.1, 0.15) is 19.4 Å². The van der Waals surface area contributed by atoms with E-state index in [1.807, 2.05) is 42.2 Å². The lowest BCUT2D eigenvalue weighted by Crippen LogP contribution is -2.01. The third kappa shape index (κ3) is 3.44. The first-order valence-electron chi connectivity index (χ1n) is 6.82. The van der Waals surface area contributed by atoms with Crippen LogP contribution in [0.15, 0.2) is 30.6 Å². The number of nitrogens with one attached hydrogen (secondary N) is 1. The van der Waals surface area contributed by atoms with Crippen LogP contribution in [0.4, 0.5) is 5.69 Å². The maximum atomic E-state index is 5.57. The maximum Gasteiger partial charge on any atom is 0.161 e. The number of hydrogen-bond acceptors (Lipinski definition) is 4. The molecule has 1 aromatic carbocycles. The van der Waals surface area contributed by atoms with Gasteiger partial charge in [0.25, 0.3) is 0 Å². The standard InChI is InChI=1S/C15H21N3O2/c1-4-18-11-13(10-17-18)16-9-12-6-7-14(19-3)15(8-12)20-5-2/h6-8,10-11,16H,4-5,9H2,1-3H3. The summed E-state index contributed by atoms with van der Waals surface area (Å²) >= 11 is 0. The van der Waals surface area contributed by atoms with Gasteiger partial charge in [-0.15, -0.1) is 0 Å². The molecule has 0 atom stereocenters. The molecule has 0 saturated heterocycles. The molecule has 2 aromatic rings. The highest BCUT2D eigenvalue weighted by molar-refractivity contribution is 5.45. The number of hydrogen-bond donors (Lipinski definition) is 1. The number of methoxy groups -OCH3 is 1. The van der Waals surface area contributed by atoms with E-state index in [4.69, 9.17) is 9.47 Å². The number of anilines is 1. The molecule has 5 heteroatoms. The Morgan fingerprint density at radius 2 is 2.10 bits per heavy atom. The molecule has 0 unspecified atom stereocenters. The fourth-order valence-corrected chi connectivity index (χ4v) is 1.93. The average Bonchev–Trinajstić information content (AvgIpc) is 2.94. The number of benzene rings is 1. The van der Waals surface area contributed by atoms with Crippen LogP contribution in [0, 0.1) is 0 Å². The molecule has 0 bridgehead atoms. The van der Waals surface area contributed by atoms with E-state index < -0.39 is 0 Å². The van der Waals surface area contributed by atoms with Crippen molar-refractivity contribution in [1.82, 2.24) is 9.78 Å². The number of nitrogens with zero attached hydrogens (tertiary/aromatic N) is 2. The van der Waals surface area contributed by atoms with E-state index in [1.165, 1.54) is 0 Å². The summed E-state index contributed by atoms with van der Waals surface area (Å²) in [5.74, 6) is 1.54. The molecule has 1 N–H and O–H groups in total. The molecule has 1 heterocycles. The number of aromatic nitrogens is 2. The highest BCUT2D eigenvalue weighted by atomic mass is 16.5. The minimum Gasteiger partial charge on any atom is -0.493 e. The van der Waals surface area contributed by atoms with Gasteiger partial charge in [-0.1, -0.05) is 6.07 Å². The lowest BCUT2D eigenvalue weighted by Gasteiger charge is -2.11. The lowest BCUT2D eigenvalue weighted by molar-refractivity contribution is 0.310. The molecule has 0 amide bonds. The van der Waals surface area contributed by atoms with Crippen molar-refractivity contribution in [2.75, 3.05) is 19.0 Å². The van der Waals surface area contributed by atoms with E-state index in [9.17, 15) is 0 Å². The molecule has 2 rings (SSSR count). The van der Waals surface area contributed by atoms with Gasteiger partial charge in [0.1, 0.15) is 0 Å². The zero-order chi connectivity index (χ0) is 14.4. The second kappa shape index (κ2) is 6.84. The molecule has 1 aromatic heterocycles. The minimum absolute atomic E-state index is 0.622. The van der Waals surface area contributed by atoms with Gasteiger partial charge in [0.05, 0.1) is 25.6 Å². The largest absolute Gasteiger partial charge is 0.493 e. The Labute approximate surface area is 119 Å². The molecule has 108 valence electrons. The molecular formula is C15H21N3O2. The van der Waals surface area contributed by atoms with Crippen molar-refractivity contribution >= 4 is 5.69 Å². The highest BCUT2D eigenvalue weighted by Crippen LogP contribution is 2.28. The van der Waals surface area contributed by atoms with Gasteiger partial charge >= 0.3 is 0 Å². The fourth-order valence-electron chi connectivity index (χ4n) is 1.93. The van der Waals surface area contributed by atoms with Crippen LogP contribution in [0.2, 0.25) is 0 Å². The SMILES string of the molecule is CCOc1cc(CNc2cnn(CC)c2)ccc1OC. The molecule has 0 saturated carbocycles. The summed E-state index contributed by atoms with van der Waals surface area (Å²) in [7, 11) is 1.65. The van der Waals surface area contributed by atoms with Crippen LogP contribution < -0.4 is 14.8 Å². The van der Waals surface area contributed by atoms with E-state index in [0.717, 1.165) is 35.8 Å². The topological polar surface area (TPSA) is 48.3 Å². The maximum absolute atomic E-state index is 5.57. The third-order valence-corrected chi connectivity index (χ3v) is 2.98. The molecule has 0 fully saturated rings. The van der Waals surface area contributed by atoms with Gasteiger partial charge < -0.3 is 14.8 Å². The zero-order valence-corrected chi connectivity index (χ0v) is 12.2. The Hall–Kier alpha value is -2.17. The van der Waals surface area contributed by atoms with Crippen molar-refractivity contribution in [3.05, 3.63) is 36.2 Å². The zero-order valence-electron chi connectivity index (χ0n) is 12.2. The average molecular weight is 275 g/mol. The van der Waals surface area contributed by atoms with Crippen LogP contribution in [0.5, 0.6) is 11.5 Å². The predicted molar refractivity (Wildman–Crippen MR) is 79.4 cm³/mol. The van der Waals surface area contributed by atoms with Gasteiger partial charge in [0, 0.05) is 19.3 Å². The molecule has 0 aliphatic carbocycles. The van der Waals surface area contributed by atoms with E-state index >= 15 is 0 Å². The van der Waals surface area contributed by atoms with Crippen molar-refractivity contribution in [1.29, 1.82) is 0 Å². The summed E-state index contributed by atoms with van der Waals surface area (Å²) in [6, 6.07) is 5.95. The highest BCUT2D eigenvalue weighted by Gasteiger charge is 2.05. The number of aryl methyl sites for hydroxylation is 1. The van der Waals surface area contributed by atoms with Gasteiger partial charge in [-0.3, -0.25) is 4.68 Å². The van der Waals surface area contributed by atoms with Crippen molar-refractivity contribution in [3.8, 4) is 11.5 Å². The molecular weight excluding hydrogens is 254 g/mol. The van der Waals surface area contributed by atoms with Gasteiger partial charge in [-0.05, 0) is 31.5 Å². The first-order chi connectivity index (χ1) is 9.76. The Balaban J connectivity index is 2.03. The Bertz CT molecular complexity index is 552. The van der Waals surface area contributed by atoms with Crippen molar-refractivity contribution in [2.24, 2.45) is 0 Å². The molecule has 20 heavy (non-hydrogen) atoms. The van der Waals surface area contributed by atoms with Crippen LogP contribution in [0.25, 0.3) is 0 Å². The smallest absolute Gasteiger partial charge is 0.161 e. The first-order valence-corrected chi connectivity index (χ1v) is 6.82. The van der Waals surface area contributed by atoms with Gasteiger partial charge in [-0.2, -0.15) is 5.10 Å². The fraction of sp³-hybridized carbons (Fsp3) is 0.400. The van der Waals surface area contributed by atoms with Crippen LogP contribution in [-0.4, -0.2) is 23.5 Å². The minimum atomic E-state index is 0.622. The molecule has 5 nitrogen and oxygen atoms in total. The summed E-state index contributed by atoms with van der Waals surface area (Å²) < 4.78 is 12.7. The monoisotopic (exact) mass is 275 g/mol. The summed E-state index contributed by atoms with van der Waals surface area (Å²) in [6.07, 6.45) is 3.82. The van der Waals surface area contributed by atoms with Gasteiger partial charge in [0.15, 0.2) is 11.5 Å². The van der Waals surface area contributed by atoms with Gasteiger partial charge in [0.2, 0.25) is 0 Å². The first kappa shape index (κ1) is 14.2.